The van der Waals surface area contributed by atoms with Gasteiger partial charge in [0.05, 0.1) is 5.92 Å². The van der Waals surface area contributed by atoms with E-state index in [9.17, 15) is 19.1 Å². The minimum Gasteiger partial charge on any atom is -0.505 e. The molecule has 1 aliphatic carbocycles. The third-order valence-electron chi connectivity index (χ3n) is 7.28. The van der Waals surface area contributed by atoms with E-state index in [1.54, 1.807) is 4.90 Å². The Balaban J connectivity index is 1.27. The van der Waals surface area contributed by atoms with Crippen LogP contribution in [0.25, 0.3) is 0 Å². The molecule has 4 rings (SSSR count). The van der Waals surface area contributed by atoms with Crippen molar-refractivity contribution in [3.8, 4) is 5.75 Å². The normalized spacial score (nSPS) is 22.0. The molecular formula is C27H32FNO4. The van der Waals surface area contributed by atoms with Crippen molar-refractivity contribution in [1.29, 1.82) is 0 Å². The minimum atomic E-state index is -0.690. The first-order valence-electron chi connectivity index (χ1n) is 11.9. The number of halogens is 1. The van der Waals surface area contributed by atoms with Gasteiger partial charge in [-0.3, -0.25) is 9.59 Å². The topological polar surface area (TPSA) is 66.8 Å². The summed E-state index contributed by atoms with van der Waals surface area (Å²) in [6, 6.07) is 12.3. The largest absolute Gasteiger partial charge is 0.505 e. The zero-order valence-corrected chi connectivity index (χ0v) is 19.3. The van der Waals surface area contributed by atoms with Crippen LogP contribution >= 0.6 is 0 Å². The van der Waals surface area contributed by atoms with Gasteiger partial charge in [-0.05, 0) is 74.1 Å². The molecule has 0 spiro atoms. The Morgan fingerprint density at radius 3 is 2.55 bits per heavy atom. The van der Waals surface area contributed by atoms with Crippen LogP contribution in [0.15, 0.2) is 42.5 Å². The highest BCUT2D eigenvalue weighted by Gasteiger charge is 2.34. The van der Waals surface area contributed by atoms with Crippen LogP contribution < -0.4 is 0 Å². The van der Waals surface area contributed by atoms with E-state index in [0.717, 1.165) is 31.2 Å². The number of amides is 1. The van der Waals surface area contributed by atoms with Crippen molar-refractivity contribution < 1.29 is 23.8 Å². The zero-order valence-electron chi connectivity index (χ0n) is 19.3. The summed E-state index contributed by atoms with van der Waals surface area (Å²) in [5, 5.41) is 9.59. The fourth-order valence-electron chi connectivity index (χ4n) is 5.27. The van der Waals surface area contributed by atoms with Gasteiger partial charge in [-0.15, -0.1) is 0 Å². The number of rotatable bonds is 7. The number of hydrogen-bond acceptors (Lipinski definition) is 4. The molecule has 2 atom stereocenters. The smallest absolute Gasteiger partial charge is 0.313 e. The van der Waals surface area contributed by atoms with Crippen molar-refractivity contribution >= 4 is 11.9 Å². The Bertz CT molecular complexity index is 1000. The first kappa shape index (κ1) is 23.3. The molecule has 1 fully saturated rings. The number of carbonyl (C=O) groups is 2. The van der Waals surface area contributed by atoms with Crippen LogP contribution in [0, 0.1) is 17.7 Å². The van der Waals surface area contributed by atoms with Gasteiger partial charge in [0.2, 0.25) is 0 Å². The molecular weight excluding hydrogens is 421 g/mol. The Morgan fingerprint density at radius 1 is 1.18 bits per heavy atom. The first-order chi connectivity index (χ1) is 15.9. The van der Waals surface area contributed by atoms with E-state index in [0.29, 0.717) is 42.5 Å². The zero-order chi connectivity index (χ0) is 23.5. The van der Waals surface area contributed by atoms with Gasteiger partial charge in [0.15, 0.2) is 11.6 Å². The summed E-state index contributed by atoms with van der Waals surface area (Å²) in [6.45, 7) is 5.00. The van der Waals surface area contributed by atoms with Crippen molar-refractivity contribution in [2.24, 2.45) is 11.8 Å². The maximum Gasteiger partial charge on any atom is 0.313 e. The molecule has 2 unspecified atom stereocenters. The highest BCUT2D eigenvalue weighted by atomic mass is 19.1. The fraction of sp³-hybridized carbons (Fsp3) is 0.481. The van der Waals surface area contributed by atoms with E-state index in [1.165, 1.54) is 12.1 Å². The highest BCUT2D eigenvalue weighted by molar-refractivity contribution is 5.98. The monoisotopic (exact) mass is 453 g/mol. The summed E-state index contributed by atoms with van der Waals surface area (Å²) in [4.78, 5) is 27.2. The molecule has 0 saturated heterocycles. The van der Waals surface area contributed by atoms with Gasteiger partial charge in [0, 0.05) is 18.7 Å². The lowest BCUT2D eigenvalue weighted by molar-refractivity contribution is -0.153. The summed E-state index contributed by atoms with van der Waals surface area (Å²) in [7, 11) is 0. The van der Waals surface area contributed by atoms with Crippen LogP contribution in [-0.4, -0.2) is 34.5 Å². The van der Waals surface area contributed by atoms with E-state index in [4.69, 9.17) is 4.74 Å². The molecule has 2 aromatic rings. The molecule has 176 valence electrons. The number of fused-ring (bicyclic) bond motifs is 1. The average Bonchev–Trinajstić information content (AvgIpc) is 3.10. The number of esters is 1. The van der Waals surface area contributed by atoms with Gasteiger partial charge < -0.3 is 14.7 Å². The number of hydrogen-bond donors (Lipinski definition) is 1. The molecule has 5 nitrogen and oxygen atoms in total. The number of phenolic OH excluding ortho intramolecular Hbond substituents is 1. The summed E-state index contributed by atoms with van der Waals surface area (Å²) in [5.74, 6) is -1.03. The van der Waals surface area contributed by atoms with Crippen molar-refractivity contribution in [2.75, 3.05) is 6.54 Å². The van der Waals surface area contributed by atoms with Gasteiger partial charge >= 0.3 is 5.97 Å². The molecule has 0 radical (unpaired) electrons. The summed E-state index contributed by atoms with van der Waals surface area (Å²) >= 11 is 0. The van der Waals surface area contributed by atoms with Gasteiger partial charge in [0.25, 0.3) is 5.91 Å². The second-order valence-corrected chi connectivity index (χ2v) is 9.44. The van der Waals surface area contributed by atoms with Gasteiger partial charge in [-0.1, -0.05) is 37.3 Å². The number of benzene rings is 2. The molecule has 1 aliphatic heterocycles. The van der Waals surface area contributed by atoms with Crippen molar-refractivity contribution in [3.05, 3.63) is 65.0 Å². The van der Waals surface area contributed by atoms with E-state index in [-0.39, 0.29) is 23.9 Å². The molecule has 6 heteroatoms. The molecule has 0 bridgehead atoms. The fourth-order valence-corrected chi connectivity index (χ4v) is 5.27. The summed E-state index contributed by atoms with van der Waals surface area (Å²) in [5.41, 5.74) is 2.02. The first-order valence-corrected chi connectivity index (χ1v) is 11.9. The number of nitrogens with zero attached hydrogens (tertiary/aromatic N) is 1. The third kappa shape index (κ3) is 5.05. The molecule has 1 heterocycles. The predicted molar refractivity (Wildman–Crippen MR) is 123 cm³/mol. The second-order valence-electron chi connectivity index (χ2n) is 9.44. The average molecular weight is 454 g/mol. The standard InChI is InChI=1S/C27H32FNO4/c1-3-22(20-7-5-4-6-8-20)27(32)33-17(2)19-11-9-18(10-12-19)15-29-16-21-13-24(28)25(30)14-23(21)26(29)31/h4-8,13-14,17-19,22,30H,3,9-12,15-16H2,1-2H3. The van der Waals surface area contributed by atoms with E-state index in [1.807, 2.05) is 44.2 Å². The van der Waals surface area contributed by atoms with Crippen molar-refractivity contribution in [3.63, 3.8) is 0 Å². The maximum atomic E-state index is 13.6. The Hall–Kier alpha value is -2.89. The summed E-state index contributed by atoms with van der Waals surface area (Å²) in [6.07, 6.45) is 4.39. The molecule has 1 saturated carbocycles. The molecule has 2 aromatic carbocycles. The SMILES string of the molecule is CCC(C(=O)OC(C)C1CCC(CN2Cc3cc(F)c(O)cc3C2=O)CC1)c1ccccc1. The predicted octanol–water partition coefficient (Wildman–Crippen LogP) is 5.42. The van der Waals surface area contributed by atoms with Gasteiger partial charge in [-0.25, -0.2) is 4.39 Å². The lowest BCUT2D eigenvalue weighted by Crippen LogP contribution is -2.34. The maximum absolute atomic E-state index is 13.6. The Labute approximate surface area is 194 Å². The number of aromatic hydroxyl groups is 1. The van der Waals surface area contributed by atoms with Crippen LogP contribution in [0.2, 0.25) is 0 Å². The number of carbonyl (C=O) groups excluding carboxylic acids is 2. The van der Waals surface area contributed by atoms with Gasteiger partial charge in [0.1, 0.15) is 6.10 Å². The van der Waals surface area contributed by atoms with Crippen LogP contribution in [0.1, 0.15) is 73.4 Å². The molecule has 0 aromatic heterocycles. The molecule has 33 heavy (non-hydrogen) atoms. The van der Waals surface area contributed by atoms with E-state index >= 15 is 0 Å². The number of phenols is 1. The molecule has 2 aliphatic rings. The lowest BCUT2D eigenvalue weighted by atomic mass is 9.79. The molecule has 1 N–H and O–H groups in total. The van der Waals surface area contributed by atoms with Crippen molar-refractivity contribution in [1.82, 2.24) is 4.90 Å². The van der Waals surface area contributed by atoms with E-state index < -0.39 is 11.6 Å². The highest BCUT2D eigenvalue weighted by Crippen LogP contribution is 2.35. The van der Waals surface area contributed by atoms with Crippen LogP contribution in [0.3, 0.4) is 0 Å². The quantitative estimate of drug-likeness (QED) is 0.569. The van der Waals surface area contributed by atoms with E-state index in [2.05, 4.69) is 0 Å². The Morgan fingerprint density at radius 2 is 1.88 bits per heavy atom. The summed E-state index contributed by atoms with van der Waals surface area (Å²) < 4.78 is 19.5. The van der Waals surface area contributed by atoms with Gasteiger partial charge in [-0.2, -0.15) is 0 Å². The Kier molecular flexibility index (Phi) is 7.01. The second kappa shape index (κ2) is 9.94. The van der Waals surface area contributed by atoms with Crippen LogP contribution in [0.4, 0.5) is 4.39 Å². The lowest BCUT2D eigenvalue weighted by Gasteiger charge is -2.34. The van der Waals surface area contributed by atoms with Crippen LogP contribution in [0.5, 0.6) is 5.75 Å². The van der Waals surface area contributed by atoms with Crippen molar-refractivity contribution in [2.45, 2.75) is 64.5 Å². The van der Waals surface area contributed by atoms with Crippen LogP contribution in [-0.2, 0) is 16.1 Å². The molecule has 1 amide bonds. The number of ether oxygens (including phenoxy) is 1. The minimum absolute atomic E-state index is 0.139. The third-order valence-corrected chi connectivity index (χ3v) is 7.28.